The standard InChI is InChI=1S/C13H17BrN2O2/c1-16(9-10-8-15-6-7-18-10)13(17)11-4-2-3-5-12(11)14/h2-5,10,15H,6-9H2,1H3. The van der Waals surface area contributed by atoms with Crippen molar-refractivity contribution in [3.63, 3.8) is 0 Å². The van der Waals surface area contributed by atoms with Crippen LogP contribution < -0.4 is 5.32 Å². The zero-order valence-electron chi connectivity index (χ0n) is 10.4. The van der Waals surface area contributed by atoms with Crippen LogP contribution in [-0.2, 0) is 4.74 Å². The highest BCUT2D eigenvalue weighted by Crippen LogP contribution is 2.17. The lowest BCUT2D eigenvalue weighted by Crippen LogP contribution is -2.45. The minimum atomic E-state index is 0.0108. The molecule has 1 heterocycles. The molecule has 1 fully saturated rings. The van der Waals surface area contributed by atoms with Gasteiger partial charge in [0.05, 0.1) is 18.3 Å². The summed E-state index contributed by atoms with van der Waals surface area (Å²) in [6.07, 6.45) is 0.0789. The van der Waals surface area contributed by atoms with E-state index in [1.165, 1.54) is 0 Å². The van der Waals surface area contributed by atoms with Gasteiger partial charge in [-0.25, -0.2) is 0 Å². The molecule has 0 saturated carbocycles. The molecule has 1 aromatic rings. The topological polar surface area (TPSA) is 41.6 Å². The van der Waals surface area contributed by atoms with E-state index in [1.807, 2.05) is 24.3 Å². The van der Waals surface area contributed by atoms with E-state index in [9.17, 15) is 4.79 Å². The van der Waals surface area contributed by atoms with Gasteiger partial charge in [0.25, 0.3) is 5.91 Å². The lowest BCUT2D eigenvalue weighted by atomic mass is 10.2. The number of halogens is 1. The van der Waals surface area contributed by atoms with Gasteiger partial charge in [-0.05, 0) is 28.1 Å². The van der Waals surface area contributed by atoms with E-state index in [0.717, 1.165) is 17.6 Å². The van der Waals surface area contributed by atoms with Gasteiger partial charge in [0.1, 0.15) is 0 Å². The molecule has 1 aliphatic rings. The van der Waals surface area contributed by atoms with Crippen LogP contribution in [-0.4, -0.2) is 50.2 Å². The second-order valence-corrected chi connectivity index (χ2v) is 5.22. The van der Waals surface area contributed by atoms with Gasteiger partial charge in [0.15, 0.2) is 0 Å². The van der Waals surface area contributed by atoms with E-state index in [1.54, 1.807) is 11.9 Å². The molecule has 2 rings (SSSR count). The van der Waals surface area contributed by atoms with Gasteiger partial charge in [-0.3, -0.25) is 4.79 Å². The maximum atomic E-state index is 12.3. The Kier molecular flexibility index (Phi) is 4.74. The number of rotatable bonds is 3. The summed E-state index contributed by atoms with van der Waals surface area (Å²) in [5.41, 5.74) is 0.684. The number of benzene rings is 1. The summed E-state index contributed by atoms with van der Waals surface area (Å²) in [7, 11) is 1.81. The fraction of sp³-hybridized carbons (Fsp3) is 0.462. The van der Waals surface area contributed by atoms with Gasteiger partial charge in [-0.1, -0.05) is 12.1 Å². The highest BCUT2D eigenvalue weighted by atomic mass is 79.9. The number of nitrogens with zero attached hydrogens (tertiary/aromatic N) is 1. The first kappa shape index (κ1) is 13.5. The van der Waals surface area contributed by atoms with Crippen LogP contribution in [0.15, 0.2) is 28.7 Å². The number of amides is 1. The van der Waals surface area contributed by atoms with Crippen molar-refractivity contribution >= 4 is 21.8 Å². The van der Waals surface area contributed by atoms with E-state index in [0.29, 0.717) is 18.7 Å². The largest absolute Gasteiger partial charge is 0.374 e. The molecule has 98 valence electrons. The second-order valence-electron chi connectivity index (χ2n) is 4.36. The van der Waals surface area contributed by atoms with Crippen molar-refractivity contribution in [2.75, 3.05) is 33.3 Å². The average Bonchev–Trinajstić information content (AvgIpc) is 2.39. The van der Waals surface area contributed by atoms with Crippen molar-refractivity contribution in [3.05, 3.63) is 34.3 Å². The molecule has 5 heteroatoms. The number of hydrogen-bond acceptors (Lipinski definition) is 3. The quantitative estimate of drug-likeness (QED) is 0.920. The maximum Gasteiger partial charge on any atom is 0.254 e. The summed E-state index contributed by atoms with van der Waals surface area (Å²) in [6.45, 7) is 3.00. The third kappa shape index (κ3) is 3.31. The molecular formula is C13H17BrN2O2. The molecule has 0 aromatic heterocycles. The Morgan fingerprint density at radius 2 is 2.33 bits per heavy atom. The second kappa shape index (κ2) is 6.31. The number of ether oxygens (including phenoxy) is 1. The molecular weight excluding hydrogens is 296 g/mol. The minimum absolute atomic E-state index is 0.0108. The average molecular weight is 313 g/mol. The summed E-state index contributed by atoms with van der Waals surface area (Å²) in [5, 5.41) is 3.26. The van der Waals surface area contributed by atoms with Crippen molar-refractivity contribution < 1.29 is 9.53 Å². The molecule has 1 aromatic carbocycles. The number of hydrogen-bond donors (Lipinski definition) is 1. The summed E-state index contributed by atoms with van der Waals surface area (Å²) in [6, 6.07) is 7.46. The first-order valence-electron chi connectivity index (χ1n) is 6.01. The Labute approximate surface area is 115 Å². The van der Waals surface area contributed by atoms with Crippen LogP contribution >= 0.6 is 15.9 Å². The lowest BCUT2D eigenvalue weighted by Gasteiger charge is -2.28. The van der Waals surface area contributed by atoms with Crippen molar-refractivity contribution in [2.24, 2.45) is 0 Å². The molecule has 1 aliphatic heterocycles. The van der Waals surface area contributed by atoms with E-state index in [2.05, 4.69) is 21.2 Å². The van der Waals surface area contributed by atoms with Crippen LogP contribution in [0, 0.1) is 0 Å². The van der Waals surface area contributed by atoms with Gasteiger partial charge in [0.2, 0.25) is 0 Å². The summed E-state index contributed by atoms with van der Waals surface area (Å²) in [5.74, 6) is 0.0108. The van der Waals surface area contributed by atoms with E-state index in [-0.39, 0.29) is 12.0 Å². The van der Waals surface area contributed by atoms with E-state index >= 15 is 0 Å². The minimum Gasteiger partial charge on any atom is -0.374 e. The molecule has 0 spiro atoms. The van der Waals surface area contributed by atoms with Crippen molar-refractivity contribution in [1.82, 2.24) is 10.2 Å². The highest BCUT2D eigenvalue weighted by Gasteiger charge is 2.20. The smallest absolute Gasteiger partial charge is 0.254 e. The number of likely N-dealkylation sites (N-methyl/N-ethyl adjacent to an activating group) is 1. The molecule has 18 heavy (non-hydrogen) atoms. The summed E-state index contributed by atoms with van der Waals surface area (Å²) >= 11 is 3.40. The van der Waals surface area contributed by atoms with E-state index < -0.39 is 0 Å². The molecule has 1 N–H and O–H groups in total. The van der Waals surface area contributed by atoms with Crippen molar-refractivity contribution in [1.29, 1.82) is 0 Å². The van der Waals surface area contributed by atoms with Gasteiger partial charge >= 0.3 is 0 Å². The normalized spacial score (nSPS) is 19.6. The molecule has 1 amide bonds. The first-order chi connectivity index (χ1) is 8.68. The van der Waals surface area contributed by atoms with Crippen LogP contribution in [0.1, 0.15) is 10.4 Å². The number of morpholine rings is 1. The van der Waals surface area contributed by atoms with E-state index in [4.69, 9.17) is 4.74 Å². The Morgan fingerprint density at radius 1 is 1.56 bits per heavy atom. The Balaban J connectivity index is 1.98. The monoisotopic (exact) mass is 312 g/mol. The lowest BCUT2D eigenvalue weighted by molar-refractivity contribution is 0.0103. The molecule has 1 saturated heterocycles. The van der Waals surface area contributed by atoms with Crippen LogP contribution in [0.4, 0.5) is 0 Å². The fourth-order valence-electron chi connectivity index (χ4n) is 1.97. The van der Waals surface area contributed by atoms with Gasteiger partial charge in [-0.2, -0.15) is 0 Å². The zero-order chi connectivity index (χ0) is 13.0. The summed E-state index contributed by atoms with van der Waals surface area (Å²) in [4.78, 5) is 14.0. The molecule has 1 atom stereocenters. The fourth-order valence-corrected chi connectivity index (χ4v) is 2.42. The van der Waals surface area contributed by atoms with Gasteiger partial charge in [0, 0.05) is 31.2 Å². The Hall–Kier alpha value is -0.910. The first-order valence-corrected chi connectivity index (χ1v) is 6.80. The van der Waals surface area contributed by atoms with Gasteiger partial charge in [-0.15, -0.1) is 0 Å². The van der Waals surface area contributed by atoms with Crippen LogP contribution in [0.25, 0.3) is 0 Å². The molecule has 0 aliphatic carbocycles. The third-order valence-electron chi connectivity index (χ3n) is 2.93. The zero-order valence-corrected chi connectivity index (χ0v) is 11.9. The number of carbonyl (C=O) groups is 1. The van der Waals surface area contributed by atoms with Crippen LogP contribution in [0.2, 0.25) is 0 Å². The van der Waals surface area contributed by atoms with Crippen molar-refractivity contribution in [2.45, 2.75) is 6.10 Å². The Bertz CT molecular complexity index is 419. The Morgan fingerprint density at radius 3 is 3.00 bits per heavy atom. The van der Waals surface area contributed by atoms with Crippen LogP contribution in [0.5, 0.6) is 0 Å². The summed E-state index contributed by atoms with van der Waals surface area (Å²) < 4.78 is 6.42. The third-order valence-corrected chi connectivity index (χ3v) is 3.62. The predicted octanol–water partition coefficient (Wildman–Crippen LogP) is 1.51. The molecule has 4 nitrogen and oxygen atoms in total. The molecule has 1 unspecified atom stereocenters. The van der Waals surface area contributed by atoms with Crippen LogP contribution in [0.3, 0.4) is 0 Å². The number of carbonyl (C=O) groups excluding carboxylic acids is 1. The maximum absolute atomic E-state index is 12.3. The predicted molar refractivity (Wildman–Crippen MR) is 73.7 cm³/mol. The molecule has 0 bridgehead atoms. The molecule has 0 radical (unpaired) electrons. The number of nitrogens with one attached hydrogen (secondary N) is 1. The van der Waals surface area contributed by atoms with Crippen molar-refractivity contribution in [3.8, 4) is 0 Å². The SMILES string of the molecule is CN(CC1CNCCO1)C(=O)c1ccccc1Br. The van der Waals surface area contributed by atoms with Gasteiger partial charge < -0.3 is 15.0 Å². The highest BCUT2D eigenvalue weighted by molar-refractivity contribution is 9.10.